The summed E-state index contributed by atoms with van der Waals surface area (Å²) in [6.45, 7) is 5.84. The molecule has 1 aromatic carbocycles. The lowest BCUT2D eigenvalue weighted by atomic mass is 10.2. The molecule has 0 bridgehead atoms. The third-order valence-electron chi connectivity index (χ3n) is 5.29. The number of hydrogen-bond acceptors (Lipinski definition) is 4. The number of aromatic nitrogens is 3. The largest absolute Gasteiger partial charge is 0.326 e. The molecule has 4 rings (SSSR count). The van der Waals surface area contributed by atoms with E-state index < -0.39 is 0 Å². The highest BCUT2D eigenvalue weighted by Crippen LogP contribution is 2.19. The molecular weight excluding hydrogens is 450 g/mol. The summed E-state index contributed by atoms with van der Waals surface area (Å²) >= 11 is 6.07. The second-order valence-electron chi connectivity index (χ2n) is 7.99. The highest BCUT2D eigenvalue weighted by molar-refractivity contribution is 6.33. The van der Waals surface area contributed by atoms with Crippen LogP contribution in [0.3, 0.4) is 0 Å². The molecule has 0 aliphatic heterocycles. The van der Waals surface area contributed by atoms with Gasteiger partial charge in [0.25, 0.3) is 5.91 Å². The molecule has 0 fully saturated rings. The van der Waals surface area contributed by atoms with Gasteiger partial charge in [0.1, 0.15) is 11.0 Å². The predicted octanol–water partition coefficient (Wildman–Crippen LogP) is 5.28. The highest BCUT2D eigenvalue weighted by atomic mass is 35.5. The Morgan fingerprint density at radius 1 is 0.824 bits per heavy atom. The van der Waals surface area contributed by atoms with Crippen LogP contribution in [0.15, 0.2) is 66.7 Å². The average molecular weight is 474 g/mol. The Hall–Kier alpha value is -3.97. The molecule has 8 heteroatoms. The molecule has 0 spiro atoms. The van der Waals surface area contributed by atoms with Crippen LogP contribution in [-0.2, 0) is 11.2 Å². The Morgan fingerprint density at radius 2 is 1.47 bits per heavy atom. The molecule has 172 valence electrons. The molecule has 0 radical (unpaired) electrons. The summed E-state index contributed by atoms with van der Waals surface area (Å²) in [7, 11) is 0. The van der Waals surface area contributed by atoms with Crippen molar-refractivity contribution < 1.29 is 9.59 Å². The Morgan fingerprint density at radius 3 is 2.12 bits per heavy atom. The maximum Gasteiger partial charge on any atom is 0.258 e. The molecule has 4 aromatic rings. The van der Waals surface area contributed by atoms with Crippen LogP contribution in [0.4, 0.5) is 11.4 Å². The van der Waals surface area contributed by atoms with Crippen LogP contribution in [0.5, 0.6) is 0 Å². The smallest absolute Gasteiger partial charge is 0.258 e. The van der Waals surface area contributed by atoms with E-state index >= 15 is 0 Å². The molecule has 0 aliphatic rings. The van der Waals surface area contributed by atoms with E-state index in [0.717, 1.165) is 22.9 Å². The van der Waals surface area contributed by atoms with E-state index in [2.05, 4.69) is 20.6 Å². The van der Waals surface area contributed by atoms with E-state index in [1.807, 2.05) is 48.7 Å². The Kier molecular flexibility index (Phi) is 6.75. The topological polar surface area (TPSA) is 88.9 Å². The Balaban J connectivity index is 1.38. The number of nitrogens with one attached hydrogen (secondary N) is 2. The third kappa shape index (κ3) is 5.32. The maximum atomic E-state index is 12.6. The summed E-state index contributed by atoms with van der Waals surface area (Å²) in [6.07, 6.45) is 0.143. The third-order valence-corrected chi connectivity index (χ3v) is 5.58. The summed E-state index contributed by atoms with van der Waals surface area (Å²) in [5.41, 5.74) is 5.07. The molecular formula is C26H24ClN5O2. The lowest BCUT2D eigenvalue weighted by molar-refractivity contribution is -0.115. The van der Waals surface area contributed by atoms with Gasteiger partial charge in [0.2, 0.25) is 5.91 Å². The lowest BCUT2D eigenvalue weighted by Gasteiger charge is -2.11. The van der Waals surface area contributed by atoms with Crippen molar-refractivity contribution in [3.63, 3.8) is 0 Å². The second-order valence-corrected chi connectivity index (χ2v) is 8.34. The summed E-state index contributed by atoms with van der Waals surface area (Å²) in [5, 5.41) is 5.80. The van der Waals surface area contributed by atoms with Gasteiger partial charge in [-0.3, -0.25) is 9.59 Å². The molecule has 2 N–H and O–H groups in total. The fraction of sp³-hybridized carbons (Fsp3) is 0.154. The number of carbonyl (C=O) groups is 2. The minimum atomic E-state index is -0.353. The zero-order valence-corrected chi connectivity index (χ0v) is 19.8. The number of rotatable bonds is 6. The summed E-state index contributed by atoms with van der Waals surface area (Å²) < 4.78 is 2.05. The highest BCUT2D eigenvalue weighted by Gasteiger charge is 2.13. The zero-order chi connectivity index (χ0) is 24.2. The van der Waals surface area contributed by atoms with Crippen LogP contribution < -0.4 is 10.6 Å². The molecule has 0 aliphatic carbocycles. The maximum absolute atomic E-state index is 12.6. The first kappa shape index (κ1) is 23.2. The first-order valence-electron chi connectivity index (χ1n) is 10.8. The quantitative estimate of drug-likeness (QED) is 0.373. The van der Waals surface area contributed by atoms with E-state index in [-0.39, 0.29) is 23.4 Å². The SMILES string of the molecule is Cc1ccc(C(=O)Nc2ccc(NC(=O)Cc3cccc(-n4c(C)ccc4C)n3)cc2)c(Cl)n1. The van der Waals surface area contributed by atoms with Crippen LogP contribution in [0.25, 0.3) is 5.82 Å². The number of amides is 2. The average Bonchev–Trinajstić information content (AvgIpc) is 3.13. The molecule has 3 aromatic heterocycles. The fourth-order valence-electron chi connectivity index (χ4n) is 3.62. The molecule has 0 saturated heterocycles. The Bertz CT molecular complexity index is 1340. The van der Waals surface area contributed by atoms with Crippen molar-refractivity contribution in [3.05, 3.63) is 100 Å². The van der Waals surface area contributed by atoms with Gasteiger partial charge in [-0.2, -0.15) is 0 Å². The summed E-state index contributed by atoms with van der Waals surface area (Å²) in [6, 6.07) is 20.0. The van der Waals surface area contributed by atoms with Crippen molar-refractivity contribution in [1.29, 1.82) is 0 Å². The minimum Gasteiger partial charge on any atom is -0.326 e. The number of nitrogens with zero attached hydrogens (tertiary/aromatic N) is 3. The molecule has 0 atom stereocenters. The minimum absolute atomic E-state index is 0.143. The van der Waals surface area contributed by atoms with Gasteiger partial charge < -0.3 is 15.2 Å². The molecule has 7 nitrogen and oxygen atoms in total. The molecule has 3 heterocycles. The van der Waals surface area contributed by atoms with Gasteiger partial charge in [-0.05, 0) is 81.4 Å². The molecule has 34 heavy (non-hydrogen) atoms. The van der Waals surface area contributed by atoms with Crippen LogP contribution in [0.1, 0.15) is 33.1 Å². The van der Waals surface area contributed by atoms with Gasteiger partial charge in [0, 0.05) is 28.5 Å². The van der Waals surface area contributed by atoms with Crippen molar-refractivity contribution in [2.24, 2.45) is 0 Å². The zero-order valence-electron chi connectivity index (χ0n) is 19.1. The van der Waals surface area contributed by atoms with Gasteiger partial charge in [-0.25, -0.2) is 9.97 Å². The van der Waals surface area contributed by atoms with Gasteiger partial charge in [0.05, 0.1) is 17.7 Å². The van der Waals surface area contributed by atoms with E-state index in [0.29, 0.717) is 22.6 Å². The van der Waals surface area contributed by atoms with Gasteiger partial charge in [0.15, 0.2) is 0 Å². The predicted molar refractivity (Wildman–Crippen MR) is 134 cm³/mol. The number of aryl methyl sites for hydroxylation is 3. The number of carbonyl (C=O) groups excluding carboxylic acids is 2. The Labute approximate surface area is 202 Å². The van der Waals surface area contributed by atoms with Gasteiger partial charge in [-0.1, -0.05) is 17.7 Å². The van der Waals surface area contributed by atoms with E-state index in [1.165, 1.54) is 0 Å². The second kappa shape index (κ2) is 9.89. The first-order chi connectivity index (χ1) is 16.3. The van der Waals surface area contributed by atoms with Crippen LogP contribution in [0.2, 0.25) is 5.15 Å². The van der Waals surface area contributed by atoms with Crippen molar-refractivity contribution in [2.45, 2.75) is 27.2 Å². The van der Waals surface area contributed by atoms with Crippen molar-refractivity contribution >= 4 is 34.8 Å². The summed E-state index contributed by atoms with van der Waals surface area (Å²) in [5.74, 6) is 0.252. The molecule has 0 unspecified atom stereocenters. The van der Waals surface area contributed by atoms with Crippen molar-refractivity contribution in [3.8, 4) is 5.82 Å². The van der Waals surface area contributed by atoms with Crippen LogP contribution >= 0.6 is 11.6 Å². The fourth-order valence-corrected chi connectivity index (χ4v) is 3.90. The van der Waals surface area contributed by atoms with E-state index in [1.54, 1.807) is 43.3 Å². The van der Waals surface area contributed by atoms with Crippen molar-refractivity contribution in [2.75, 3.05) is 10.6 Å². The number of benzene rings is 1. The molecule has 2 amide bonds. The number of hydrogen-bond donors (Lipinski definition) is 2. The monoisotopic (exact) mass is 473 g/mol. The number of anilines is 2. The standard InChI is InChI=1S/C26H24ClN5O2/c1-16-7-14-22(25(27)28-16)26(34)31-20-12-10-19(11-13-20)30-24(33)15-21-5-4-6-23(29-21)32-17(2)8-9-18(32)3/h4-14H,15H2,1-3H3,(H,30,33)(H,31,34). The molecule has 0 saturated carbocycles. The first-order valence-corrected chi connectivity index (χ1v) is 11.1. The van der Waals surface area contributed by atoms with E-state index in [4.69, 9.17) is 11.6 Å². The van der Waals surface area contributed by atoms with Crippen LogP contribution in [0, 0.1) is 20.8 Å². The lowest BCUT2D eigenvalue weighted by Crippen LogP contribution is -2.16. The normalized spacial score (nSPS) is 10.7. The van der Waals surface area contributed by atoms with Gasteiger partial charge in [-0.15, -0.1) is 0 Å². The van der Waals surface area contributed by atoms with Crippen molar-refractivity contribution in [1.82, 2.24) is 14.5 Å². The van der Waals surface area contributed by atoms with Crippen LogP contribution in [-0.4, -0.2) is 26.3 Å². The van der Waals surface area contributed by atoms with E-state index in [9.17, 15) is 9.59 Å². The number of pyridine rings is 2. The van der Waals surface area contributed by atoms with Gasteiger partial charge >= 0.3 is 0 Å². The summed E-state index contributed by atoms with van der Waals surface area (Å²) in [4.78, 5) is 33.8. The number of halogens is 1.